The Labute approximate surface area is 80.7 Å². The SMILES string of the molecule is CC(SCCCCC(F)F)C(=O)O. The maximum Gasteiger partial charge on any atom is 0.316 e. The van der Waals surface area contributed by atoms with Crippen molar-refractivity contribution in [2.24, 2.45) is 0 Å². The molecule has 0 saturated carbocycles. The minimum Gasteiger partial charge on any atom is -0.480 e. The third-order valence-electron chi connectivity index (χ3n) is 1.53. The van der Waals surface area contributed by atoms with Crippen LogP contribution in [0.25, 0.3) is 0 Å². The Morgan fingerprint density at radius 2 is 2.08 bits per heavy atom. The molecular formula is C8H14F2O2S. The van der Waals surface area contributed by atoms with Gasteiger partial charge in [-0.25, -0.2) is 8.78 Å². The number of alkyl halides is 2. The van der Waals surface area contributed by atoms with E-state index < -0.39 is 17.6 Å². The van der Waals surface area contributed by atoms with E-state index in [1.54, 1.807) is 6.92 Å². The molecule has 1 unspecified atom stereocenters. The second-order valence-corrected chi connectivity index (χ2v) is 4.19. The molecule has 0 bridgehead atoms. The Hall–Kier alpha value is -0.320. The van der Waals surface area contributed by atoms with Crippen molar-refractivity contribution in [1.82, 2.24) is 0 Å². The molecule has 0 saturated heterocycles. The van der Waals surface area contributed by atoms with Gasteiger partial charge in [0.25, 0.3) is 0 Å². The summed E-state index contributed by atoms with van der Waals surface area (Å²) in [5.41, 5.74) is 0. The van der Waals surface area contributed by atoms with Gasteiger partial charge in [0.2, 0.25) is 6.43 Å². The van der Waals surface area contributed by atoms with Crippen LogP contribution in [0.3, 0.4) is 0 Å². The summed E-state index contributed by atoms with van der Waals surface area (Å²) < 4.78 is 23.3. The van der Waals surface area contributed by atoms with E-state index in [1.807, 2.05) is 0 Å². The van der Waals surface area contributed by atoms with Gasteiger partial charge < -0.3 is 5.11 Å². The van der Waals surface area contributed by atoms with Crippen LogP contribution in [-0.2, 0) is 4.79 Å². The van der Waals surface area contributed by atoms with E-state index in [0.29, 0.717) is 18.6 Å². The molecular weight excluding hydrogens is 198 g/mol. The highest BCUT2D eigenvalue weighted by Gasteiger charge is 2.10. The third kappa shape index (κ3) is 8.02. The normalized spacial score (nSPS) is 13.2. The quantitative estimate of drug-likeness (QED) is 0.659. The van der Waals surface area contributed by atoms with Gasteiger partial charge in [0.05, 0.1) is 5.25 Å². The zero-order valence-electron chi connectivity index (χ0n) is 7.50. The highest BCUT2D eigenvalue weighted by atomic mass is 32.2. The molecule has 0 aromatic carbocycles. The number of carboxylic acid groups (broad SMARTS) is 1. The van der Waals surface area contributed by atoms with E-state index in [9.17, 15) is 13.6 Å². The van der Waals surface area contributed by atoms with Crippen LogP contribution in [-0.4, -0.2) is 28.5 Å². The van der Waals surface area contributed by atoms with E-state index in [4.69, 9.17) is 5.11 Å². The first-order chi connectivity index (χ1) is 6.04. The first-order valence-corrected chi connectivity index (χ1v) is 5.21. The fourth-order valence-corrected chi connectivity index (χ4v) is 1.60. The summed E-state index contributed by atoms with van der Waals surface area (Å²) in [4.78, 5) is 10.3. The Bertz CT molecular complexity index is 153. The molecule has 0 rings (SSSR count). The van der Waals surface area contributed by atoms with Crippen LogP contribution in [0.4, 0.5) is 8.78 Å². The van der Waals surface area contributed by atoms with Gasteiger partial charge in [0.15, 0.2) is 0 Å². The van der Waals surface area contributed by atoms with Crippen molar-refractivity contribution in [2.45, 2.75) is 37.9 Å². The van der Waals surface area contributed by atoms with Crippen molar-refractivity contribution in [2.75, 3.05) is 5.75 Å². The molecule has 2 nitrogen and oxygen atoms in total. The average Bonchev–Trinajstić information content (AvgIpc) is 2.02. The van der Waals surface area contributed by atoms with Gasteiger partial charge in [-0.15, -0.1) is 11.8 Å². The Balaban J connectivity index is 3.21. The first kappa shape index (κ1) is 12.7. The molecule has 1 N–H and O–H groups in total. The van der Waals surface area contributed by atoms with E-state index in [2.05, 4.69) is 0 Å². The molecule has 0 heterocycles. The first-order valence-electron chi connectivity index (χ1n) is 4.16. The molecule has 0 spiro atoms. The molecule has 5 heteroatoms. The number of carbonyl (C=O) groups is 1. The number of unbranched alkanes of at least 4 members (excludes halogenated alkanes) is 1. The topological polar surface area (TPSA) is 37.3 Å². The molecule has 0 amide bonds. The average molecular weight is 212 g/mol. The van der Waals surface area contributed by atoms with Gasteiger partial charge in [-0.1, -0.05) is 0 Å². The Morgan fingerprint density at radius 3 is 2.54 bits per heavy atom. The molecule has 78 valence electrons. The van der Waals surface area contributed by atoms with E-state index in [-0.39, 0.29) is 6.42 Å². The molecule has 13 heavy (non-hydrogen) atoms. The number of hydrogen-bond acceptors (Lipinski definition) is 2. The summed E-state index contributed by atoms with van der Waals surface area (Å²) in [6.07, 6.45) is -1.19. The lowest BCUT2D eigenvalue weighted by molar-refractivity contribution is -0.136. The van der Waals surface area contributed by atoms with Crippen molar-refractivity contribution in [3.8, 4) is 0 Å². The molecule has 0 aliphatic carbocycles. The van der Waals surface area contributed by atoms with Crippen LogP contribution in [0, 0.1) is 0 Å². The lowest BCUT2D eigenvalue weighted by Gasteiger charge is -2.05. The standard InChI is InChI=1S/C8H14F2O2S/c1-6(8(11)12)13-5-3-2-4-7(9)10/h6-7H,2-5H2,1H3,(H,11,12). The van der Waals surface area contributed by atoms with Gasteiger partial charge in [-0.2, -0.15) is 0 Å². The van der Waals surface area contributed by atoms with Gasteiger partial charge in [0, 0.05) is 6.42 Å². The van der Waals surface area contributed by atoms with E-state index in [1.165, 1.54) is 11.8 Å². The molecule has 1 atom stereocenters. The van der Waals surface area contributed by atoms with E-state index in [0.717, 1.165) is 0 Å². The predicted molar refractivity (Wildman–Crippen MR) is 49.4 cm³/mol. The summed E-state index contributed by atoms with van der Waals surface area (Å²) in [5, 5.41) is 8.05. The lowest BCUT2D eigenvalue weighted by atomic mass is 10.3. The summed E-state index contributed by atoms with van der Waals surface area (Å²) in [5.74, 6) is -0.209. The number of aliphatic carboxylic acids is 1. The Morgan fingerprint density at radius 1 is 1.46 bits per heavy atom. The highest BCUT2D eigenvalue weighted by Crippen LogP contribution is 2.14. The fraction of sp³-hybridized carbons (Fsp3) is 0.875. The lowest BCUT2D eigenvalue weighted by Crippen LogP contribution is -2.11. The van der Waals surface area contributed by atoms with Crippen LogP contribution in [0.1, 0.15) is 26.2 Å². The Kier molecular flexibility index (Phi) is 6.94. The summed E-state index contributed by atoms with van der Waals surface area (Å²) in [6.45, 7) is 1.60. The second-order valence-electron chi connectivity index (χ2n) is 2.74. The minimum absolute atomic E-state index is 0.0813. The van der Waals surface area contributed by atoms with Gasteiger partial charge in [-0.3, -0.25) is 4.79 Å². The largest absolute Gasteiger partial charge is 0.480 e. The maximum atomic E-state index is 11.6. The fourth-order valence-electron chi connectivity index (χ4n) is 0.732. The number of halogens is 2. The molecule has 0 radical (unpaired) electrons. The van der Waals surface area contributed by atoms with Crippen molar-refractivity contribution < 1.29 is 18.7 Å². The van der Waals surface area contributed by atoms with Crippen LogP contribution < -0.4 is 0 Å². The monoisotopic (exact) mass is 212 g/mol. The highest BCUT2D eigenvalue weighted by molar-refractivity contribution is 8.00. The number of hydrogen-bond donors (Lipinski definition) is 1. The van der Waals surface area contributed by atoms with Gasteiger partial charge in [0.1, 0.15) is 0 Å². The molecule has 0 aromatic rings. The third-order valence-corrected chi connectivity index (χ3v) is 2.76. The molecule has 0 aliphatic heterocycles. The van der Waals surface area contributed by atoms with Crippen molar-refractivity contribution >= 4 is 17.7 Å². The number of thioether (sulfide) groups is 1. The van der Waals surface area contributed by atoms with Crippen LogP contribution in [0.5, 0.6) is 0 Å². The zero-order chi connectivity index (χ0) is 10.3. The van der Waals surface area contributed by atoms with Gasteiger partial charge in [-0.05, 0) is 25.5 Å². The minimum atomic E-state index is -2.23. The summed E-state index contributed by atoms with van der Waals surface area (Å²) >= 11 is 1.29. The van der Waals surface area contributed by atoms with Crippen molar-refractivity contribution in [1.29, 1.82) is 0 Å². The smallest absolute Gasteiger partial charge is 0.316 e. The second kappa shape index (κ2) is 7.12. The van der Waals surface area contributed by atoms with Crippen molar-refractivity contribution in [3.63, 3.8) is 0 Å². The zero-order valence-corrected chi connectivity index (χ0v) is 8.32. The molecule has 0 aromatic heterocycles. The van der Waals surface area contributed by atoms with Crippen LogP contribution >= 0.6 is 11.8 Å². The predicted octanol–water partition coefficient (Wildman–Crippen LogP) is 2.63. The van der Waals surface area contributed by atoms with E-state index >= 15 is 0 Å². The number of carboxylic acids is 1. The van der Waals surface area contributed by atoms with Crippen molar-refractivity contribution in [3.05, 3.63) is 0 Å². The number of rotatable bonds is 7. The molecule has 0 aliphatic rings. The van der Waals surface area contributed by atoms with Crippen LogP contribution in [0.15, 0.2) is 0 Å². The van der Waals surface area contributed by atoms with Gasteiger partial charge >= 0.3 is 5.97 Å². The molecule has 0 fully saturated rings. The maximum absolute atomic E-state index is 11.6. The summed E-state index contributed by atoms with van der Waals surface area (Å²) in [7, 11) is 0. The summed E-state index contributed by atoms with van der Waals surface area (Å²) in [6, 6.07) is 0. The van der Waals surface area contributed by atoms with Crippen LogP contribution in [0.2, 0.25) is 0 Å².